The second kappa shape index (κ2) is 8.02. The van der Waals surface area contributed by atoms with Gasteiger partial charge in [0.25, 0.3) is 0 Å². The van der Waals surface area contributed by atoms with E-state index in [0.717, 1.165) is 36.5 Å². The Morgan fingerprint density at radius 3 is 2.90 bits per heavy atom. The molecule has 2 saturated heterocycles. The van der Waals surface area contributed by atoms with E-state index in [-0.39, 0.29) is 30.1 Å². The van der Waals surface area contributed by atoms with Crippen molar-refractivity contribution < 1.29 is 14.3 Å². The molecule has 160 valence electrons. The van der Waals surface area contributed by atoms with E-state index >= 15 is 0 Å². The second-order valence-corrected chi connectivity index (χ2v) is 8.22. The number of benzene rings is 1. The van der Waals surface area contributed by atoms with Gasteiger partial charge in [0.2, 0.25) is 11.8 Å². The Balaban J connectivity index is 1.30. The third-order valence-corrected chi connectivity index (χ3v) is 6.28. The van der Waals surface area contributed by atoms with Gasteiger partial charge in [0.1, 0.15) is 11.6 Å². The van der Waals surface area contributed by atoms with Gasteiger partial charge in [-0.05, 0) is 37.1 Å². The molecular weight excluding hydrogens is 394 g/mol. The molecule has 2 aliphatic rings. The average molecular weight is 419 g/mol. The fraction of sp³-hybridized carbons (Fsp3) is 0.391. The molecule has 5 rings (SSSR count). The van der Waals surface area contributed by atoms with E-state index in [2.05, 4.69) is 10.2 Å². The van der Waals surface area contributed by atoms with Crippen molar-refractivity contribution in [3.63, 3.8) is 0 Å². The number of aromatic nitrogens is 3. The van der Waals surface area contributed by atoms with Crippen molar-refractivity contribution in [3.8, 4) is 5.75 Å². The number of carbonyl (C=O) groups excluding carboxylic acids is 2. The van der Waals surface area contributed by atoms with Gasteiger partial charge < -0.3 is 14.5 Å². The average Bonchev–Trinajstić information content (AvgIpc) is 3.42. The van der Waals surface area contributed by atoms with Gasteiger partial charge in [-0.2, -0.15) is 0 Å². The standard InChI is InChI=1S/C23H25N5O3/c1-31-19-8-4-7-18(13-19)28-15-17(12-21(28)29)23(30)26-10-5-6-16(14-26)22-25-24-20-9-2-3-11-27(20)22/h2-4,7-9,11,13,16-17H,5-6,10,12,14-15H2,1H3/t16-,17+/m1/s1. The van der Waals surface area contributed by atoms with Gasteiger partial charge in [-0.1, -0.05) is 12.1 Å². The summed E-state index contributed by atoms with van der Waals surface area (Å²) in [7, 11) is 1.60. The van der Waals surface area contributed by atoms with E-state index in [9.17, 15) is 9.59 Å². The molecule has 8 heteroatoms. The third-order valence-electron chi connectivity index (χ3n) is 6.28. The van der Waals surface area contributed by atoms with Crippen molar-refractivity contribution >= 4 is 23.1 Å². The molecule has 3 aromatic rings. The van der Waals surface area contributed by atoms with Crippen LogP contribution in [-0.2, 0) is 9.59 Å². The largest absolute Gasteiger partial charge is 0.497 e. The molecule has 2 fully saturated rings. The Kier molecular flexibility index (Phi) is 5.05. The highest BCUT2D eigenvalue weighted by atomic mass is 16.5. The molecule has 0 saturated carbocycles. The van der Waals surface area contributed by atoms with Crippen LogP contribution in [0, 0.1) is 5.92 Å². The van der Waals surface area contributed by atoms with Crippen LogP contribution in [-0.4, -0.2) is 58.1 Å². The number of likely N-dealkylation sites (tertiary alicyclic amines) is 1. The summed E-state index contributed by atoms with van der Waals surface area (Å²) < 4.78 is 7.27. The molecule has 1 aromatic carbocycles. The summed E-state index contributed by atoms with van der Waals surface area (Å²) in [4.78, 5) is 29.6. The SMILES string of the molecule is COc1cccc(N2C[C@@H](C(=O)N3CCC[C@@H](c4nnc5ccccn45)C3)CC2=O)c1. The van der Waals surface area contributed by atoms with Crippen molar-refractivity contribution in [1.82, 2.24) is 19.5 Å². The minimum atomic E-state index is -0.326. The summed E-state index contributed by atoms with van der Waals surface area (Å²) in [6.45, 7) is 1.73. The summed E-state index contributed by atoms with van der Waals surface area (Å²) in [6.07, 6.45) is 4.09. The zero-order valence-corrected chi connectivity index (χ0v) is 17.5. The van der Waals surface area contributed by atoms with Crippen molar-refractivity contribution in [3.05, 3.63) is 54.5 Å². The van der Waals surface area contributed by atoms with Gasteiger partial charge in [0, 0.05) is 49.9 Å². The van der Waals surface area contributed by atoms with E-state index in [4.69, 9.17) is 4.74 Å². The molecule has 0 aliphatic carbocycles. The number of anilines is 1. The number of piperidine rings is 1. The Morgan fingerprint density at radius 1 is 1.13 bits per heavy atom. The highest BCUT2D eigenvalue weighted by molar-refractivity contribution is 6.00. The van der Waals surface area contributed by atoms with Crippen LogP contribution in [0.5, 0.6) is 5.75 Å². The summed E-state index contributed by atoms with van der Waals surface area (Å²) in [6, 6.07) is 13.2. The number of carbonyl (C=O) groups is 2. The minimum absolute atomic E-state index is 0.0244. The van der Waals surface area contributed by atoms with Crippen LogP contribution < -0.4 is 9.64 Å². The molecule has 0 N–H and O–H groups in total. The normalized spacial score (nSPS) is 21.6. The summed E-state index contributed by atoms with van der Waals surface area (Å²) in [5, 5.41) is 8.65. The lowest BCUT2D eigenvalue weighted by molar-refractivity contribution is -0.137. The molecule has 8 nitrogen and oxygen atoms in total. The summed E-state index contributed by atoms with van der Waals surface area (Å²) in [5.41, 5.74) is 1.59. The first-order chi connectivity index (χ1) is 15.1. The first kappa shape index (κ1) is 19.5. The van der Waals surface area contributed by atoms with Crippen LogP contribution in [0.1, 0.15) is 31.0 Å². The number of fused-ring (bicyclic) bond motifs is 1. The van der Waals surface area contributed by atoms with Crippen LogP contribution in [0.4, 0.5) is 5.69 Å². The number of rotatable bonds is 4. The quantitative estimate of drug-likeness (QED) is 0.649. The molecule has 0 unspecified atom stereocenters. The summed E-state index contributed by atoms with van der Waals surface area (Å²) >= 11 is 0. The van der Waals surface area contributed by atoms with Gasteiger partial charge in [-0.15, -0.1) is 10.2 Å². The van der Waals surface area contributed by atoms with E-state index in [0.29, 0.717) is 18.8 Å². The van der Waals surface area contributed by atoms with Crippen molar-refractivity contribution in [2.45, 2.75) is 25.2 Å². The van der Waals surface area contributed by atoms with Crippen molar-refractivity contribution in [1.29, 1.82) is 0 Å². The molecule has 4 heterocycles. The third kappa shape index (κ3) is 3.62. The number of amides is 2. The first-order valence-corrected chi connectivity index (χ1v) is 10.7. The predicted octanol–water partition coefficient (Wildman–Crippen LogP) is 2.50. The maximum Gasteiger partial charge on any atom is 0.228 e. The molecule has 2 amide bonds. The highest BCUT2D eigenvalue weighted by Crippen LogP contribution is 2.31. The number of methoxy groups -OCH3 is 1. The van der Waals surface area contributed by atoms with Crippen molar-refractivity contribution in [2.75, 3.05) is 31.6 Å². The molecule has 0 radical (unpaired) electrons. The molecule has 31 heavy (non-hydrogen) atoms. The fourth-order valence-electron chi connectivity index (χ4n) is 4.69. The van der Waals surface area contributed by atoms with Crippen molar-refractivity contribution in [2.24, 2.45) is 5.92 Å². The molecule has 2 aromatic heterocycles. The zero-order valence-electron chi connectivity index (χ0n) is 17.5. The number of pyridine rings is 1. The van der Waals surface area contributed by atoms with Crippen LogP contribution >= 0.6 is 0 Å². The van der Waals surface area contributed by atoms with Gasteiger partial charge >= 0.3 is 0 Å². The topological polar surface area (TPSA) is 80.0 Å². The predicted molar refractivity (Wildman–Crippen MR) is 115 cm³/mol. The lowest BCUT2D eigenvalue weighted by Gasteiger charge is -2.33. The van der Waals surface area contributed by atoms with E-state index in [1.165, 1.54) is 0 Å². The lowest BCUT2D eigenvalue weighted by Crippen LogP contribution is -2.43. The van der Waals surface area contributed by atoms with E-state index in [1.807, 2.05) is 58.0 Å². The van der Waals surface area contributed by atoms with Crippen LogP contribution in [0.25, 0.3) is 5.65 Å². The molecular formula is C23H25N5O3. The monoisotopic (exact) mass is 419 g/mol. The summed E-state index contributed by atoms with van der Waals surface area (Å²) in [5.74, 6) is 1.43. The maximum atomic E-state index is 13.3. The van der Waals surface area contributed by atoms with E-state index in [1.54, 1.807) is 12.0 Å². The lowest BCUT2D eigenvalue weighted by atomic mass is 9.95. The Labute approximate surface area is 180 Å². The van der Waals surface area contributed by atoms with Crippen LogP contribution in [0.2, 0.25) is 0 Å². The smallest absolute Gasteiger partial charge is 0.228 e. The fourth-order valence-corrected chi connectivity index (χ4v) is 4.69. The Bertz CT molecular complexity index is 1130. The van der Waals surface area contributed by atoms with Gasteiger partial charge in [-0.3, -0.25) is 14.0 Å². The molecule has 2 atom stereocenters. The Morgan fingerprint density at radius 2 is 2.03 bits per heavy atom. The number of ether oxygens (including phenoxy) is 1. The number of hydrogen-bond acceptors (Lipinski definition) is 5. The second-order valence-electron chi connectivity index (χ2n) is 8.22. The number of hydrogen-bond donors (Lipinski definition) is 0. The number of nitrogens with zero attached hydrogens (tertiary/aromatic N) is 5. The zero-order chi connectivity index (χ0) is 21.4. The minimum Gasteiger partial charge on any atom is -0.497 e. The molecule has 0 spiro atoms. The molecule has 2 aliphatic heterocycles. The van der Waals surface area contributed by atoms with Crippen LogP contribution in [0.3, 0.4) is 0 Å². The molecule has 0 bridgehead atoms. The maximum absolute atomic E-state index is 13.3. The van der Waals surface area contributed by atoms with Crippen LogP contribution in [0.15, 0.2) is 48.7 Å². The Hall–Kier alpha value is -3.42. The van der Waals surface area contributed by atoms with Gasteiger partial charge in [-0.25, -0.2) is 0 Å². The van der Waals surface area contributed by atoms with E-state index < -0.39 is 0 Å². The van der Waals surface area contributed by atoms with Gasteiger partial charge in [0.05, 0.1) is 13.0 Å². The van der Waals surface area contributed by atoms with Gasteiger partial charge in [0.15, 0.2) is 5.65 Å². The highest BCUT2D eigenvalue weighted by Gasteiger charge is 2.39. The first-order valence-electron chi connectivity index (χ1n) is 10.7.